The average molecular weight is 391 g/mol. The summed E-state index contributed by atoms with van der Waals surface area (Å²) in [6.07, 6.45) is 9.31. The fourth-order valence-electron chi connectivity index (χ4n) is 4.11. The van der Waals surface area contributed by atoms with Crippen molar-refractivity contribution in [3.63, 3.8) is 0 Å². The van der Waals surface area contributed by atoms with Crippen LogP contribution >= 0.6 is 0 Å². The second kappa shape index (κ2) is 8.52. The molecule has 0 radical (unpaired) electrons. The molecule has 3 aromatic rings. The summed E-state index contributed by atoms with van der Waals surface area (Å²) in [5, 5.41) is 9.13. The van der Waals surface area contributed by atoms with Crippen molar-refractivity contribution < 1.29 is 19.1 Å². The smallest absolute Gasteiger partial charge is 0.335 e. The first kappa shape index (κ1) is 19.2. The van der Waals surface area contributed by atoms with Gasteiger partial charge < -0.3 is 14.3 Å². The molecule has 1 saturated carbocycles. The number of furan rings is 1. The number of aromatic nitrogens is 1. The molecule has 29 heavy (non-hydrogen) atoms. The van der Waals surface area contributed by atoms with Gasteiger partial charge in [0.2, 0.25) is 0 Å². The summed E-state index contributed by atoms with van der Waals surface area (Å²) < 4.78 is 12.5. The predicted molar refractivity (Wildman–Crippen MR) is 110 cm³/mol. The molecule has 150 valence electrons. The van der Waals surface area contributed by atoms with Crippen LogP contribution < -0.4 is 4.74 Å². The fourth-order valence-corrected chi connectivity index (χ4v) is 4.11. The van der Waals surface area contributed by atoms with E-state index in [1.54, 1.807) is 36.7 Å². The first-order chi connectivity index (χ1) is 14.1. The molecule has 0 bridgehead atoms. The molecule has 1 fully saturated rings. The summed E-state index contributed by atoms with van der Waals surface area (Å²) in [6.45, 7) is 1.98. The van der Waals surface area contributed by atoms with Gasteiger partial charge in [-0.25, -0.2) is 4.79 Å². The van der Waals surface area contributed by atoms with E-state index in [1.807, 2.05) is 19.1 Å². The molecular weight excluding hydrogens is 366 g/mol. The minimum absolute atomic E-state index is 0.120. The standard InChI is InChI=1S/C24H25NO4/c1-16-21(15-22(28-16)17-11-13-25-14-12-17)23(18-5-3-2-4-6-18)29-20-9-7-19(8-10-20)24(26)27/h7-15,18,23H,2-6H2,1H3,(H,26,27). The number of benzene rings is 1. The maximum Gasteiger partial charge on any atom is 0.335 e. The number of aryl methyl sites for hydroxylation is 1. The molecule has 1 aliphatic rings. The third-order valence-corrected chi connectivity index (χ3v) is 5.67. The third kappa shape index (κ3) is 4.34. The molecule has 0 amide bonds. The topological polar surface area (TPSA) is 72.6 Å². The summed E-state index contributed by atoms with van der Waals surface area (Å²) in [6, 6.07) is 12.6. The van der Waals surface area contributed by atoms with Gasteiger partial charge in [0, 0.05) is 29.4 Å². The van der Waals surface area contributed by atoms with E-state index in [-0.39, 0.29) is 11.7 Å². The third-order valence-electron chi connectivity index (χ3n) is 5.67. The molecule has 0 aliphatic heterocycles. The first-order valence-corrected chi connectivity index (χ1v) is 10.1. The molecule has 4 rings (SSSR count). The largest absolute Gasteiger partial charge is 0.485 e. The van der Waals surface area contributed by atoms with Crippen LogP contribution in [0.4, 0.5) is 0 Å². The van der Waals surface area contributed by atoms with Gasteiger partial charge in [-0.05, 0) is 62.2 Å². The quantitative estimate of drug-likeness (QED) is 0.554. The maximum atomic E-state index is 11.1. The molecule has 1 aromatic carbocycles. The Labute approximate surface area is 170 Å². The van der Waals surface area contributed by atoms with E-state index in [0.29, 0.717) is 11.7 Å². The van der Waals surface area contributed by atoms with Crippen LogP contribution in [0.2, 0.25) is 0 Å². The van der Waals surface area contributed by atoms with Crippen molar-refractivity contribution in [3.8, 4) is 17.1 Å². The van der Waals surface area contributed by atoms with Crippen molar-refractivity contribution in [2.24, 2.45) is 5.92 Å². The van der Waals surface area contributed by atoms with Crippen molar-refractivity contribution in [1.82, 2.24) is 4.98 Å². The normalized spacial score (nSPS) is 15.8. The van der Waals surface area contributed by atoms with E-state index < -0.39 is 5.97 Å². The number of nitrogens with zero attached hydrogens (tertiary/aromatic N) is 1. The molecule has 1 unspecified atom stereocenters. The van der Waals surface area contributed by atoms with Crippen molar-refractivity contribution in [2.75, 3.05) is 0 Å². The number of hydrogen-bond acceptors (Lipinski definition) is 4. The van der Waals surface area contributed by atoms with Crippen LogP contribution in [0.3, 0.4) is 0 Å². The summed E-state index contributed by atoms with van der Waals surface area (Å²) in [7, 11) is 0. The average Bonchev–Trinajstić information content (AvgIpc) is 3.15. The number of carboxylic acids is 1. The molecule has 2 aromatic heterocycles. The number of carboxylic acid groups (broad SMARTS) is 1. The lowest BCUT2D eigenvalue weighted by atomic mass is 9.82. The summed E-state index contributed by atoms with van der Waals surface area (Å²) in [4.78, 5) is 15.2. The lowest BCUT2D eigenvalue weighted by Crippen LogP contribution is -2.21. The van der Waals surface area contributed by atoms with E-state index >= 15 is 0 Å². The highest BCUT2D eigenvalue weighted by atomic mass is 16.5. The van der Waals surface area contributed by atoms with E-state index in [9.17, 15) is 4.79 Å². The highest BCUT2D eigenvalue weighted by Gasteiger charge is 2.30. The van der Waals surface area contributed by atoms with Crippen molar-refractivity contribution in [1.29, 1.82) is 0 Å². The van der Waals surface area contributed by atoms with Gasteiger partial charge >= 0.3 is 5.97 Å². The Morgan fingerprint density at radius 3 is 2.45 bits per heavy atom. The molecule has 1 aliphatic carbocycles. The number of rotatable bonds is 6. The van der Waals surface area contributed by atoms with Gasteiger partial charge in [-0.2, -0.15) is 0 Å². The molecule has 0 spiro atoms. The zero-order chi connectivity index (χ0) is 20.2. The van der Waals surface area contributed by atoms with Crippen LogP contribution in [-0.4, -0.2) is 16.1 Å². The molecule has 2 heterocycles. The van der Waals surface area contributed by atoms with Gasteiger partial charge in [0.1, 0.15) is 23.4 Å². The maximum absolute atomic E-state index is 11.1. The zero-order valence-corrected chi connectivity index (χ0v) is 16.5. The fraction of sp³-hybridized carbons (Fsp3) is 0.333. The monoisotopic (exact) mass is 391 g/mol. The number of carbonyl (C=O) groups is 1. The second-order valence-corrected chi connectivity index (χ2v) is 7.62. The molecule has 5 nitrogen and oxygen atoms in total. The van der Waals surface area contributed by atoms with Crippen LogP contribution in [0.1, 0.15) is 59.9 Å². The molecule has 1 atom stereocenters. The number of hydrogen-bond donors (Lipinski definition) is 1. The van der Waals surface area contributed by atoms with Crippen LogP contribution in [0.15, 0.2) is 59.3 Å². The summed E-state index contributed by atoms with van der Waals surface area (Å²) in [5.41, 5.74) is 2.31. The molecule has 5 heteroatoms. The molecular formula is C24H25NO4. The van der Waals surface area contributed by atoms with E-state index in [1.165, 1.54) is 19.3 Å². The van der Waals surface area contributed by atoms with E-state index in [0.717, 1.165) is 35.5 Å². The Morgan fingerprint density at radius 1 is 1.10 bits per heavy atom. The van der Waals surface area contributed by atoms with Crippen molar-refractivity contribution >= 4 is 5.97 Å². The molecule has 1 N–H and O–H groups in total. The van der Waals surface area contributed by atoms with Crippen molar-refractivity contribution in [2.45, 2.75) is 45.1 Å². The van der Waals surface area contributed by atoms with Gasteiger partial charge in [-0.3, -0.25) is 4.98 Å². The highest BCUT2D eigenvalue weighted by Crippen LogP contribution is 2.41. The van der Waals surface area contributed by atoms with Crippen LogP contribution in [-0.2, 0) is 0 Å². The summed E-state index contributed by atoms with van der Waals surface area (Å²) in [5.74, 6) is 1.81. The van der Waals surface area contributed by atoms with Crippen LogP contribution in [0.5, 0.6) is 5.75 Å². The molecule has 0 saturated heterocycles. The van der Waals surface area contributed by atoms with Gasteiger partial charge in [0.15, 0.2) is 0 Å². The van der Waals surface area contributed by atoms with Gasteiger partial charge in [0.05, 0.1) is 5.56 Å². The van der Waals surface area contributed by atoms with E-state index in [4.69, 9.17) is 14.3 Å². The predicted octanol–water partition coefficient (Wildman–Crippen LogP) is 6.05. The van der Waals surface area contributed by atoms with Crippen LogP contribution in [0, 0.1) is 12.8 Å². The summed E-state index contributed by atoms with van der Waals surface area (Å²) >= 11 is 0. The Kier molecular flexibility index (Phi) is 5.65. The van der Waals surface area contributed by atoms with Crippen LogP contribution in [0.25, 0.3) is 11.3 Å². The number of ether oxygens (including phenoxy) is 1. The lowest BCUT2D eigenvalue weighted by Gasteiger charge is -2.30. The highest BCUT2D eigenvalue weighted by molar-refractivity contribution is 5.87. The second-order valence-electron chi connectivity index (χ2n) is 7.62. The first-order valence-electron chi connectivity index (χ1n) is 10.1. The Balaban J connectivity index is 1.65. The van der Waals surface area contributed by atoms with Crippen molar-refractivity contribution in [3.05, 3.63) is 71.7 Å². The number of aromatic carboxylic acids is 1. The minimum Gasteiger partial charge on any atom is -0.485 e. The van der Waals surface area contributed by atoms with E-state index in [2.05, 4.69) is 11.1 Å². The minimum atomic E-state index is -0.937. The van der Waals surface area contributed by atoms with Gasteiger partial charge in [0.25, 0.3) is 0 Å². The SMILES string of the molecule is Cc1oc(-c2ccncc2)cc1C(Oc1ccc(C(=O)O)cc1)C1CCCCC1. The lowest BCUT2D eigenvalue weighted by molar-refractivity contribution is 0.0696. The number of pyridine rings is 1. The Bertz CT molecular complexity index is 956. The Hall–Kier alpha value is -3.08. The zero-order valence-electron chi connectivity index (χ0n) is 16.5. The van der Waals surface area contributed by atoms with Gasteiger partial charge in [-0.15, -0.1) is 0 Å². The van der Waals surface area contributed by atoms with Gasteiger partial charge in [-0.1, -0.05) is 19.3 Å². The Morgan fingerprint density at radius 2 is 1.79 bits per heavy atom.